The van der Waals surface area contributed by atoms with Gasteiger partial charge in [-0.1, -0.05) is 0 Å². The van der Waals surface area contributed by atoms with E-state index in [4.69, 9.17) is 4.74 Å². The van der Waals surface area contributed by atoms with Crippen molar-refractivity contribution in [2.45, 2.75) is 26.4 Å². The molecule has 1 atom stereocenters. The van der Waals surface area contributed by atoms with Crippen LogP contribution < -0.4 is 0 Å². The molecule has 0 N–H and O–H groups in total. The van der Waals surface area contributed by atoms with Crippen LogP contribution in [-0.4, -0.2) is 12.7 Å². The maximum absolute atomic E-state index is 5.45. The molecule has 0 radical (unpaired) electrons. The fraction of sp³-hybridized carbons (Fsp3) is 0.556. The van der Waals surface area contributed by atoms with Gasteiger partial charge in [-0.15, -0.1) is 0 Å². The summed E-state index contributed by atoms with van der Waals surface area (Å²) in [7, 11) is 0. The van der Waals surface area contributed by atoms with Gasteiger partial charge < -0.3 is 4.74 Å². The Morgan fingerprint density at radius 1 is 1.58 bits per heavy atom. The first-order valence-corrected chi connectivity index (χ1v) is 5.79. The van der Waals surface area contributed by atoms with Crippen LogP contribution in [0.15, 0.2) is 15.2 Å². The van der Waals surface area contributed by atoms with E-state index in [0.717, 1.165) is 13.0 Å². The number of rotatable bonds is 4. The van der Waals surface area contributed by atoms with E-state index in [1.54, 1.807) is 11.3 Å². The molecule has 0 amide bonds. The Hall–Kier alpha value is 0.140. The highest BCUT2D eigenvalue weighted by Crippen LogP contribution is 2.22. The first kappa shape index (κ1) is 10.2. The summed E-state index contributed by atoms with van der Waals surface area (Å²) in [4.78, 5) is 0. The smallest absolute Gasteiger partial charge is 0.0587 e. The monoisotopic (exact) mass is 248 g/mol. The number of ether oxygens (including phenoxy) is 1. The molecule has 0 aliphatic heterocycles. The highest BCUT2D eigenvalue weighted by Gasteiger charge is 2.06. The van der Waals surface area contributed by atoms with E-state index in [2.05, 4.69) is 33.6 Å². The molecule has 68 valence electrons. The molecule has 0 saturated carbocycles. The number of halogens is 1. The molecule has 0 aliphatic carbocycles. The molecule has 0 aliphatic rings. The third kappa shape index (κ3) is 2.88. The Labute approximate surface area is 85.9 Å². The topological polar surface area (TPSA) is 9.23 Å². The molecular weight excluding hydrogens is 236 g/mol. The van der Waals surface area contributed by atoms with Crippen LogP contribution >= 0.6 is 27.3 Å². The maximum Gasteiger partial charge on any atom is 0.0587 e. The van der Waals surface area contributed by atoms with Gasteiger partial charge in [0.25, 0.3) is 0 Å². The van der Waals surface area contributed by atoms with Gasteiger partial charge in [0.1, 0.15) is 0 Å². The van der Waals surface area contributed by atoms with Gasteiger partial charge in [0.2, 0.25) is 0 Å². The van der Waals surface area contributed by atoms with Gasteiger partial charge in [-0.05, 0) is 40.7 Å². The Bertz CT molecular complexity index is 234. The van der Waals surface area contributed by atoms with Crippen molar-refractivity contribution in [2.75, 3.05) is 6.61 Å². The molecule has 0 bridgehead atoms. The normalized spacial score (nSPS) is 13.2. The molecule has 1 aromatic heterocycles. The molecule has 1 unspecified atom stereocenters. The van der Waals surface area contributed by atoms with E-state index < -0.39 is 0 Å². The van der Waals surface area contributed by atoms with Crippen LogP contribution in [0, 0.1) is 0 Å². The Kier molecular flexibility index (Phi) is 4.26. The van der Waals surface area contributed by atoms with Gasteiger partial charge in [-0.25, -0.2) is 0 Å². The molecule has 1 nitrogen and oxygen atoms in total. The molecule has 0 spiro atoms. The summed E-state index contributed by atoms with van der Waals surface area (Å²) in [6.45, 7) is 4.93. The van der Waals surface area contributed by atoms with Crippen LogP contribution in [-0.2, 0) is 11.2 Å². The van der Waals surface area contributed by atoms with Gasteiger partial charge in [0.05, 0.1) is 6.10 Å². The molecule has 1 aromatic rings. The summed E-state index contributed by atoms with van der Waals surface area (Å²) < 4.78 is 6.66. The molecule has 12 heavy (non-hydrogen) atoms. The van der Waals surface area contributed by atoms with Crippen LogP contribution in [0.4, 0.5) is 0 Å². The third-order valence-electron chi connectivity index (χ3n) is 1.65. The van der Waals surface area contributed by atoms with Crippen molar-refractivity contribution in [1.29, 1.82) is 0 Å². The SMILES string of the molecule is CCOC(C)Cc1cscc1Br. The molecule has 1 heterocycles. The lowest BCUT2D eigenvalue weighted by atomic mass is 10.2. The van der Waals surface area contributed by atoms with Crippen molar-refractivity contribution in [3.05, 3.63) is 20.8 Å². The minimum Gasteiger partial charge on any atom is -0.378 e. The van der Waals surface area contributed by atoms with Crippen LogP contribution in [0.5, 0.6) is 0 Å². The molecule has 0 saturated heterocycles. The van der Waals surface area contributed by atoms with Crippen molar-refractivity contribution in [2.24, 2.45) is 0 Å². The van der Waals surface area contributed by atoms with Crippen molar-refractivity contribution in [1.82, 2.24) is 0 Å². The second-order valence-corrected chi connectivity index (χ2v) is 4.31. The molecule has 3 heteroatoms. The zero-order chi connectivity index (χ0) is 8.97. The molecule has 1 rings (SSSR count). The third-order valence-corrected chi connectivity index (χ3v) is 3.48. The minimum atomic E-state index is 0.320. The second kappa shape index (κ2) is 5.00. The maximum atomic E-state index is 5.45. The summed E-state index contributed by atoms with van der Waals surface area (Å²) in [6.07, 6.45) is 1.32. The Balaban J connectivity index is 2.46. The Morgan fingerprint density at radius 3 is 2.83 bits per heavy atom. The summed E-state index contributed by atoms with van der Waals surface area (Å²) >= 11 is 5.22. The summed E-state index contributed by atoms with van der Waals surface area (Å²) in [6, 6.07) is 0. The fourth-order valence-corrected chi connectivity index (χ4v) is 2.58. The second-order valence-electron chi connectivity index (χ2n) is 2.72. The zero-order valence-corrected chi connectivity index (χ0v) is 9.74. The quantitative estimate of drug-likeness (QED) is 0.793. The van der Waals surface area contributed by atoms with Crippen molar-refractivity contribution in [3.8, 4) is 0 Å². The van der Waals surface area contributed by atoms with E-state index in [1.807, 2.05) is 6.92 Å². The summed E-state index contributed by atoms with van der Waals surface area (Å²) in [5.74, 6) is 0. The van der Waals surface area contributed by atoms with Crippen molar-refractivity contribution in [3.63, 3.8) is 0 Å². The first-order valence-electron chi connectivity index (χ1n) is 4.06. The average molecular weight is 249 g/mol. The van der Waals surface area contributed by atoms with Crippen LogP contribution in [0.1, 0.15) is 19.4 Å². The Morgan fingerprint density at radius 2 is 2.33 bits per heavy atom. The summed E-state index contributed by atoms with van der Waals surface area (Å²) in [5, 5.41) is 4.27. The van der Waals surface area contributed by atoms with E-state index in [9.17, 15) is 0 Å². The van der Waals surface area contributed by atoms with Crippen LogP contribution in [0.25, 0.3) is 0 Å². The van der Waals surface area contributed by atoms with E-state index >= 15 is 0 Å². The van der Waals surface area contributed by atoms with Gasteiger partial charge in [0, 0.05) is 22.9 Å². The van der Waals surface area contributed by atoms with Crippen molar-refractivity contribution >= 4 is 27.3 Å². The lowest BCUT2D eigenvalue weighted by Crippen LogP contribution is -2.10. The van der Waals surface area contributed by atoms with E-state index in [0.29, 0.717) is 6.10 Å². The highest BCUT2D eigenvalue weighted by molar-refractivity contribution is 9.10. The predicted octanol–water partition coefficient (Wildman–Crippen LogP) is 3.48. The molecular formula is C9H13BrOS. The number of hydrogen-bond donors (Lipinski definition) is 0. The van der Waals surface area contributed by atoms with Gasteiger partial charge in [-0.2, -0.15) is 11.3 Å². The van der Waals surface area contributed by atoms with E-state index in [1.165, 1.54) is 10.0 Å². The van der Waals surface area contributed by atoms with Gasteiger partial charge in [-0.3, -0.25) is 0 Å². The van der Waals surface area contributed by atoms with Crippen LogP contribution in [0.2, 0.25) is 0 Å². The minimum absolute atomic E-state index is 0.320. The largest absolute Gasteiger partial charge is 0.378 e. The van der Waals surface area contributed by atoms with Gasteiger partial charge in [0.15, 0.2) is 0 Å². The molecule has 0 aromatic carbocycles. The van der Waals surface area contributed by atoms with Crippen LogP contribution in [0.3, 0.4) is 0 Å². The first-order chi connectivity index (χ1) is 5.74. The van der Waals surface area contributed by atoms with Crippen molar-refractivity contribution < 1.29 is 4.74 Å². The standard InChI is InChI=1S/C9H13BrOS/c1-3-11-7(2)4-8-5-12-6-9(8)10/h5-7H,3-4H2,1-2H3. The van der Waals surface area contributed by atoms with Gasteiger partial charge >= 0.3 is 0 Å². The number of thiophene rings is 1. The summed E-state index contributed by atoms with van der Waals surface area (Å²) in [5.41, 5.74) is 1.35. The number of hydrogen-bond acceptors (Lipinski definition) is 2. The average Bonchev–Trinajstić information content (AvgIpc) is 2.37. The zero-order valence-electron chi connectivity index (χ0n) is 7.34. The lowest BCUT2D eigenvalue weighted by molar-refractivity contribution is 0.0768. The highest BCUT2D eigenvalue weighted by atomic mass is 79.9. The lowest BCUT2D eigenvalue weighted by Gasteiger charge is -2.10. The van der Waals surface area contributed by atoms with E-state index in [-0.39, 0.29) is 0 Å². The molecule has 0 fully saturated rings. The predicted molar refractivity (Wildman–Crippen MR) is 56.8 cm³/mol. The fourth-order valence-electron chi connectivity index (χ4n) is 1.11.